The van der Waals surface area contributed by atoms with E-state index >= 15 is 0 Å². The van der Waals surface area contributed by atoms with Crippen LogP contribution in [0.15, 0.2) is 18.2 Å². The minimum absolute atomic E-state index is 0.205. The molecule has 0 N–H and O–H groups in total. The van der Waals surface area contributed by atoms with Gasteiger partial charge in [0, 0.05) is 0 Å². The van der Waals surface area contributed by atoms with Gasteiger partial charge in [-0.15, -0.1) is 0 Å². The summed E-state index contributed by atoms with van der Waals surface area (Å²) in [6.07, 6.45) is 0.570. The quantitative estimate of drug-likeness (QED) is 0.742. The maximum absolute atomic E-state index is 13.6. The van der Waals surface area contributed by atoms with Gasteiger partial charge in [0.2, 0.25) is 0 Å². The zero-order chi connectivity index (χ0) is 12.8. The molecule has 1 aromatic carbocycles. The lowest BCUT2D eigenvalue weighted by Crippen LogP contribution is -2.13. The van der Waals surface area contributed by atoms with E-state index in [2.05, 4.69) is 4.74 Å². The average molecular weight is 240 g/mol. The van der Waals surface area contributed by atoms with E-state index in [1.807, 2.05) is 6.92 Å². The molecule has 0 heterocycles. The molecule has 0 bridgehead atoms. The molecule has 1 aromatic rings. The summed E-state index contributed by atoms with van der Waals surface area (Å²) in [6, 6.07) is 4.56. The molecule has 3 nitrogen and oxygen atoms in total. The van der Waals surface area contributed by atoms with Crippen molar-refractivity contribution in [1.29, 1.82) is 0 Å². The van der Waals surface area contributed by atoms with Gasteiger partial charge in [0.25, 0.3) is 0 Å². The van der Waals surface area contributed by atoms with Crippen molar-refractivity contribution in [1.82, 2.24) is 0 Å². The highest BCUT2D eigenvalue weighted by Crippen LogP contribution is 2.26. The van der Waals surface area contributed by atoms with Crippen molar-refractivity contribution < 1.29 is 18.7 Å². The topological polar surface area (TPSA) is 35.5 Å². The standard InChI is InChI=1S/C13H17FO3/c1-4-10(13(15)16-3)9-6-7-12(17-5-2)11(14)8-9/h6-8,10H,4-5H2,1-3H3. The monoisotopic (exact) mass is 240 g/mol. The van der Waals surface area contributed by atoms with Gasteiger partial charge in [-0.25, -0.2) is 4.39 Å². The highest BCUT2D eigenvalue weighted by molar-refractivity contribution is 5.78. The Morgan fingerprint density at radius 2 is 2.12 bits per heavy atom. The number of rotatable bonds is 5. The number of hydrogen-bond acceptors (Lipinski definition) is 3. The van der Waals surface area contributed by atoms with E-state index in [1.54, 1.807) is 19.1 Å². The molecule has 1 unspecified atom stereocenters. The van der Waals surface area contributed by atoms with Crippen LogP contribution in [0.25, 0.3) is 0 Å². The lowest BCUT2D eigenvalue weighted by molar-refractivity contribution is -0.142. The minimum Gasteiger partial charge on any atom is -0.491 e. The second-order valence-corrected chi connectivity index (χ2v) is 3.61. The van der Waals surface area contributed by atoms with Crippen LogP contribution in [0, 0.1) is 5.82 Å². The Bertz CT molecular complexity index is 390. The summed E-state index contributed by atoms with van der Waals surface area (Å²) < 4.78 is 23.4. The molecule has 1 atom stereocenters. The van der Waals surface area contributed by atoms with Crippen LogP contribution in [-0.2, 0) is 9.53 Å². The molecule has 0 radical (unpaired) electrons. The molecule has 0 spiro atoms. The third kappa shape index (κ3) is 3.19. The van der Waals surface area contributed by atoms with Crippen molar-refractivity contribution in [3.8, 4) is 5.75 Å². The van der Waals surface area contributed by atoms with E-state index in [0.29, 0.717) is 18.6 Å². The Kier molecular flexibility index (Phi) is 4.94. The SMILES string of the molecule is CCOc1ccc(C(CC)C(=O)OC)cc1F. The summed E-state index contributed by atoms with van der Waals surface area (Å²) in [5, 5.41) is 0. The van der Waals surface area contributed by atoms with Gasteiger partial charge >= 0.3 is 5.97 Å². The average Bonchev–Trinajstić information content (AvgIpc) is 2.33. The first-order chi connectivity index (χ1) is 8.13. The van der Waals surface area contributed by atoms with Crippen molar-refractivity contribution in [3.05, 3.63) is 29.6 Å². The molecule has 0 saturated carbocycles. The van der Waals surface area contributed by atoms with E-state index in [4.69, 9.17) is 4.74 Å². The predicted molar refractivity (Wildman–Crippen MR) is 62.6 cm³/mol. The first kappa shape index (κ1) is 13.5. The lowest BCUT2D eigenvalue weighted by Gasteiger charge is -2.14. The molecule has 0 aliphatic heterocycles. The summed E-state index contributed by atoms with van der Waals surface area (Å²) in [5.74, 6) is -1.02. The Balaban J connectivity index is 2.98. The van der Waals surface area contributed by atoms with Crippen molar-refractivity contribution in [2.45, 2.75) is 26.2 Å². The largest absolute Gasteiger partial charge is 0.491 e. The van der Waals surface area contributed by atoms with Crippen molar-refractivity contribution in [3.63, 3.8) is 0 Å². The number of carbonyl (C=O) groups is 1. The molecule has 94 valence electrons. The molecular weight excluding hydrogens is 223 g/mol. The maximum atomic E-state index is 13.6. The molecule has 0 aromatic heterocycles. The van der Waals surface area contributed by atoms with E-state index in [0.717, 1.165) is 0 Å². The van der Waals surface area contributed by atoms with E-state index in [-0.39, 0.29) is 11.7 Å². The normalized spacial score (nSPS) is 12.0. The molecule has 17 heavy (non-hydrogen) atoms. The third-order valence-corrected chi connectivity index (χ3v) is 2.55. The van der Waals surface area contributed by atoms with Crippen LogP contribution in [0.1, 0.15) is 31.7 Å². The number of esters is 1. The first-order valence-corrected chi connectivity index (χ1v) is 5.64. The molecule has 0 aliphatic rings. The van der Waals surface area contributed by atoms with Crippen molar-refractivity contribution in [2.75, 3.05) is 13.7 Å². The zero-order valence-electron chi connectivity index (χ0n) is 10.3. The lowest BCUT2D eigenvalue weighted by atomic mass is 9.96. The Labute approximate surface area is 101 Å². The van der Waals surface area contributed by atoms with Crippen LogP contribution in [0.3, 0.4) is 0 Å². The van der Waals surface area contributed by atoms with E-state index in [9.17, 15) is 9.18 Å². The highest BCUT2D eigenvalue weighted by Gasteiger charge is 2.20. The fraction of sp³-hybridized carbons (Fsp3) is 0.462. The predicted octanol–water partition coefficient (Wildman–Crippen LogP) is 2.89. The van der Waals surface area contributed by atoms with Gasteiger partial charge < -0.3 is 9.47 Å². The third-order valence-electron chi connectivity index (χ3n) is 2.55. The van der Waals surface area contributed by atoms with Gasteiger partial charge in [0.15, 0.2) is 11.6 Å². The van der Waals surface area contributed by atoms with Crippen LogP contribution in [0.2, 0.25) is 0 Å². The molecule has 1 rings (SSSR count). The Morgan fingerprint density at radius 1 is 1.41 bits per heavy atom. The smallest absolute Gasteiger partial charge is 0.313 e. The fourth-order valence-corrected chi connectivity index (χ4v) is 1.69. The van der Waals surface area contributed by atoms with Crippen molar-refractivity contribution in [2.24, 2.45) is 0 Å². The van der Waals surface area contributed by atoms with Crippen LogP contribution >= 0.6 is 0 Å². The maximum Gasteiger partial charge on any atom is 0.313 e. The fourth-order valence-electron chi connectivity index (χ4n) is 1.69. The Hall–Kier alpha value is -1.58. The summed E-state index contributed by atoms with van der Waals surface area (Å²) in [4.78, 5) is 11.5. The summed E-state index contributed by atoms with van der Waals surface area (Å²) in [7, 11) is 1.33. The first-order valence-electron chi connectivity index (χ1n) is 5.64. The number of carbonyl (C=O) groups excluding carboxylic acids is 1. The van der Waals surface area contributed by atoms with Gasteiger partial charge in [0.1, 0.15) is 0 Å². The number of hydrogen-bond donors (Lipinski definition) is 0. The van der Waals surface area contributed by atoms with Crippen LogP contribution < -0.4 is 4.74 Å². The molecular formula is C13H17FO3. The molecule has 0 amide bonds. The van der Waals surface area contributed by atoms with Gasteiger partial charge in [-0.1, -0.05) is 13.0 Å². The molecule has 4 heteroatoms. The highest BCUT2D eigenvalue weighted by atomic mass is 19.1. The number of halogens is 1. The van der Waals surface area contributed by atoms with E-state index in [1.165, 1.54) is 13.2 Å². The Morgan fingerprint density at radius 3 is 2.59 bits per heavy atom. The minimum atomic E-state index is -0.452. The number of benzene rings is 1. The van der Waals surface area contributed by atoms with Gasteiger partial charge in [-0.05, 0) is 31.0 Å². The number of ether oxygens (including phenoxy) is 2. The van der Waals surface area contributed by atoms with Crippen LogP contribution in [0.4, 0.5) is 4.39 Å². The molecule has 0 fully saturated rings. The summed E-state index contributed by atoms with van der Waals surface area (Å²) in [6.45, 7) is 4.05. The molecule has 0 saturated heterocycles. The number of methoxy groups -OCH3 is 1. The van der Waals surface area contributed by atoms with E-state index < -0.39 is 11.7 Å². The van der Waals surface area contributed by atoms with Crippen molar-refractivity contribution >= 4 is 5.97 Å². The molecule has 0 aliphatic carbocycles. The zero-order valence-corrected chi connectivity index (χ0v) is 10.3. The van der Waals surface area contributed by atoms with Gasteiger partial charge in [0.05, 0.1) is 19.6 Å². The second-order valence-electron chi connectivity index (χ2n) is 3.61. The summed E-state index contributed by atoms with van der Waals surface area (Å²) >= 11 is 0. The van der Waals surface area contributed by atoms with Gasteiger partial charge in [-0.3, -0.25) is 4.79 Å². The van der Waals surface area contributed by atoms with Crippen LogP contribution in [-0.4, -0.2) is 19.7 Å². The second kappa shape index (κ2) is 6.23. The van der Waals surface area contributed by atoms with Gasteiger partial charge in [-0.2, -0.15) is 0 Å². The van der Waals surface area contributed by atoms with Crippen LogP contribution in [0.5, 0.6) is 5.75 Å². The summed E-state index contributed by atoms with van der Waals surface area (Å²) in [5.41, 5.74) is 0.611.